The van der Waals surface area contributed by atoms with Gasteiger partial charge in [-0.1, -0.05) is 240 Å². The number of anilines is 3. The van der Waals surface area contributed by atoms with Gasteiger partial charge in [0.2, 0.25) is 0 Å². The van der Waals surface area contributed by atoms with E-state index in [1.54, 1.807) is 0 Å². The highest BCUT2D eigenvalue weighted by atomic mass is 16.4. The molecule has 6 aliphatic rings. The topological polar surface area (TPSA) is 143 Å². The number of nitrogens with zero attached hydrogens (tertiary/aromatic N) is 6. The third-order valence-electron chi connectivity index (χ3n) is 24.1. The van der Waals surface area contributed by atoms with Crippen LogP contribution in [0.15, 0.2) is 238 Å². The molecule has 4 aromatic heterocycles. The van der Waals surface area contributed by atoms with Crippen LogP contribution in [-0.4, -0.2) is 47.4 Å². The van der Waals surface area contributed by atoms with Crippen LogP contribution in [-0.2, 0) is 24.1 Å². The van der Waals surface area contributed by atoms with E-state index in [0.717, 1.165) is 275 Å². The summed E-state index contributed by atoms with van der Waals surface area (Å²) in [6.45, 7) is 21.2. The van der Waals surface area contributed by atoms with E-state index in [0.29, 0.717) is 5.56 Å². The molecule has 9 aromatic rings. The number of carboxylic acid groups (broad SMARTS) is 1. The number of rotatable bonds is 35. The Morgan fingerprint density at radius 3 is 1.21 bits per heavy atom. The van der Waals surface area contributed by atoms with E-state index in [2.05, 4.69) is 285 Å². The summed E-state index contributed by atoms with van der Waals surface area (Å²) in [6.07, 6.45) is 59.9. The van der Waals surface area contributed by atoms with E-state index in [1.165, 1.54) is 76.3 Å². The number of hydrogen-bond donors (Lipinski definition) is 4. The minimum atomic E-state index is -1.26. The van der Waals surface area contributed by atoms with Gasteiger partial charge in [-0.25, -0.2) is 24.8 Å². The number of unbranched alkanes of at least 4 members (excludes halogenated alkanes) is 12. The predicted octanol–water partition coefficient (Wildman–Crippen LogP) is 29.9. The maximum Gasteiger partial charge on any atom is 0.333 e. The zero-order chi connectivity index (χ0) is 82.7. The molecule has 0 atom stereocenters. The number of fused-ring (bicyclic) bond motifs is 14. The molecule has 0 amide bonds. The fourth-order valence-corrected chi connectivity index (χ4v) is 17.4. The van der Waals surface area contributed by atoms with E-state index in [1.807, 2.05) is 24.3 Å². The average molecular weight is 1580 g/mol. The smallest absolute Gasteiger partial charge is 0.333 e. The Labute approximate surface area is 710 Å². The summed E-state index contributed by atoms with van der Waals surface area (Å²) < 4.78 is 0. The average Bonchev–Trinajstić information content (AvgIpc) is 1.68. The van der Waals surface area contributed by atoms with Crippen molar-refractivity contribution >= 4 is 128 Å². The van der Waals surface area contributed by atoms with Crippen molar-refractivity contribution in [2.75, 3.05) is 4.90 Å². The summed E-state index contributed by atoms with van der Waals surface area (Å²) in [5.74, 6) is -1.26. The van der Waals surface area contributed by atoms with Gasteiger partial charge in [0, 0.05) is 89.5 Å². The third-order valence-corrected chi connectivity index (χ3v) is 24.1. The minimum Gasteiger partial charge on any atom is -0.486 e. The number of aromatic nitrogens is 5. The molecule has 0 saturated carbocycles. The number of hydrogen-bond acceptors (Lipinski definition) is 6. The third kappa shape index (κ3) is 19.4. The number of carbonyl (C=O) groups is 1. The van der Waals surface area contributed by atoms with E-state index in [4.69, 9.17) is 26.5 Å². The monoisotopic (exact) mass is 1580 g/mol. The van der Waals surface area contributed by atoms with Gasteiger partial charge in [-0.2, -0.15) is 0 Å². The summed E-state index contributed by atoms with van der Waals surface area (Å²) in [6, 6.07) is 56.2. The molecule has 5 aliphatic heterocycles. The first-order valence-electron chi connectivity index (χ1n) is 44.4. The van der Waals surface area contributed by atoms with E-state index in [-0.39, 0.29) is 5.70 Å². The number of benzene rings is 5. The Balaban J connectivity index is 0.714. The predicted molar refractivity (Wildman–Crippen MR) is 510 cm³/mol. The van der Waals surface area contributed by atoms with Crippen molar-refractivity contribution in [2.24, 2.45) is 9.98 Å². The van der Waals surface area contributed by atoms with Crippen molar-refractivity contribution < 1.29 is 9.90 Å². The Hall–Kier alpha value is -12.5. The summed E-state index contributed by atoms with van der Waals surface area (Å²) in [5, 5.41) is 9.74. The summed E-state index contributed by atoms with van der Waals surface area (Å²) in [4.78, 5) is 51.4. The molecule has 0 fully saturated rings. The van der Waals surface area contributed by atoms with Crippen LogP contribution in [0.4, 0.5) is 17.1 Å². The SMILES string of the molecule is [C-]#[N+]/C(=C\c1ccc(N(c2ccc(/C=C/c3ccc(C4=C5C=CC(=C(CCCCC)C6=NC(=C(CCCCC)c7ccc([nH]7)C(CCCCC)=C7C=CC4=N7)C=C6)C5)cc3)cc2)c2ccc(/C=C/c3ccc(-c4c5nc(c(CCCCC)c6ccc([nH]6)c(CCCCC)c6nc(c(CCCCC)c7ccc4[nH]7)C=C6)C=C5)cc3)cc2)cc1)C(=O)O. The maximum atomic E-state index is 11.9. The molecule has 4 N–H and O–H groups in total. The first kappa shape index (κ1) is 82.6. The highest BCUT2D eigenvalue weighted by Crippen LogP contribution is 2.43. The van der Waals surface area contributed by atoms with Crippen molar-refractivity contribution in [3.05, 3.63) is 324 Å². The molecule has 0 saturated heterocycles. The fourth-order valence-electron chi connectivity index (χ4n) is 17.4. The standard InChI is InChI=1S/C109H113N9O2/c1-8-14-20-26-86-81-50-51-82(73-81)107(103-69-66-100(115-103)89(29-23-17-11-4)97-63-60-94(112-97)87(27-21-15-9-2)93-59-58-92(86)111-93)79-46-36-74(37-47-79)32-34-76-40-52-83(53-41-76)118(85-56-44-78(45-57-85)72-106(110-7)109(119)120)84-54-42-77(43-55-84)35-33-75-38-48-80(49-39-75)108-104-70-67-101(116-104)90(30-24-18-12-5)98-64-61-95(113-98)88(28-22-16-10-3)96-62-65-99(114-96)91(31-25-19-13-6)102-68-71-105(108)117-102/h32-72,112-113,117H,8-31,73H2,1-6H3,(H,119,120)/b34-32+,35-33+,86-81?,92-86?,93-87?,94-87?,95-88?,96-88?,97-89?,98-90?,99-91?,100-89?,101-90?,102-91?,106-72-,107-82?,107-103?,108-104?,108-105?. The zero-order valence-corrected chi connectivity index (χ0v) is 70.9. The van der Waals surface area contributed by atoms with Crippen LogP contribution in [0.5, 0.6) is 0 Å². The molecular formula is C109H113N9O2. The molecule has 1 aliphatic carbocycles. The second-order valence-electron chi connectivity index (χ2n) is 32.6. The number of aryl methyl sites for hydroxylation is 3. The second-order valence-corrected chi connectivity index (χ2v) is 32.6. The molecule has 16 bridgehead atoms. The highest BCUT2D eigenvalue weighted by Gasteiger charge is 2.27. The van der Waals surface area contributed by atoms with Crippen LogP contribution in [0.3, 0.4) is 0 Å². The molecular weight excluding hydrogens is 1470 g/mol. The molecule has 5 aromatic carbocycles. The van der Waals surface area contributed by atoms with Crippen molar-refractivity contribution in [3.63, 3.8) is 0 Å². The number of nitrogens with one attached hydrogen (secondary N) is 3. The van der Waals surface area contributed by atoms with Gasteiger partial charge in [0.1, 0.15) is 0 Å². The molecule has 11 nitrogen and oxygen atoms in total. The van der Waals surface area contributed by atoms with Gasteiger partial charge in [-0.3, -0.25) is 4.79 Å². The summed E-state index contributed by atoms with van der Waals surface area (Å²) in [5.41, 5.74) is 36.9. The molecule has 0 radical (unpaired) electrons. The Kier molecular flexibility index (Phi) is 27.4. The Bertz CT molecular complexity index is 5940. The van der Waals surface area contributed by atoms with Gasteiger partial charge in [-0.05, 0) is 267 Å². The van der Waals surface area contributed by atoms with Crippen molar-refractivity contribution in [2.45, 2.75) is 202 Å². The van der Waals surface area contributed by atoms with Crippen LogP contribution in [0.2, 0.25) is 0 Å². The molecule has 9 heterocycles. The lowest BCUT2D eigenvalue weighted by molar-refractivity contribution is -0.132. The van der Waals surface area contributed by atoms with Crippen LogP contribution in [0.1, 0.15) is 267 Å². The van der Waals surface area contributed by atoms with Gasteiger partial charge in [0.25, 0.3) is 5.70 Å². The van der Waals surface area contributed by atoms with Crippen molar-refractivity contribution in [3.8, 4) is 11.1 Å². The number of allylic oxidation sites excluding steroid dienone is 12. The fraction of sp³-hybridized carbons (Fsp3) is 0.284. The summed E-state index contributed by atoms with van der Waals surface area (Å²) in [7, 11) is 0. The first-order valence-corrected chi connectivity index (χ1v) is 44.4. The molecule has 15 rings (SSSR count). The van der Waals surface area contributed by atoms with Gasteiger partial charge in [0.15, 0.2) is 0 Å². The number of aliphatic carboxylic acids is 1. The van der Waals surface area contributed by atoms with Gasteiger partial charge in [0.05, 0.1) is 52.2 Å². The lowest BCUT2D eigenvalue weighted by Crippen LogP contribution is -2.09. The van der Waals surface area contributed by atoms with E-state index < -0.39 is 5.97 Å². The van der Waals surface area contributed by atoms with Crippen LogP contribution >= 0.6 is 0 Å². The number of H-pyrrole nitrogens is 3. The van der Waals surface area contributed by atoms with E-state index in [9.17, 15) is 9.90 Å². The van der Waals surface area contributed by atoms with Crippen molar-refractivity contribution in [1.82, 2.24) is 24.9 Å². The zero-order valence-electron chi connectivity index (χ0n) is 70.9. The molecule has 120 heavy (non-hydrogen) atoms. The number of carboxylic acids is 1. The van der Waals surface area contributed by atoms with Crippen molar-refractivity contribution in [1.29, 1.82) is 0 Å². The molecule has 606 valence electrons. The minimum absolute atomic E-state index is 0.342. The second kappa shape index (κ2) is 39.8. The van der Waals surface area contributed by atoms with Crippen LogP contribution < -0.4 is 4.90 Å². The van der Waals surface area contributed by atoms with Crippen LogP contribution in [0, 0.1) is 6.57 Å². The maximum absolute atomic E-state index is 11.9. The molecule has 11 heteroatoms. The number of aromatic amines is 3. The lowest BCUT2D eigenvalue weighted by atomic mass is 9.91. The first-order chi connectivity index (χ1) is 59.0. The highest BCUT2D eigenvalue weighted by molar-refractivity contribution is 6.32. The number of aliphatic imine (C=N–C) groups is 2. The van der Waals surface area contributed by atoms with E-state index >= 15 is 0 Å². The van der Waals surface area contributed by atoms with Gasteiger partial charge in [-0.15, -0.1) is 0 Å². The Morgan fingerprint density at radius 2 is 0.758 bits per heavy atom. The quantitative estimate of drug-likeness (QED) is 0.0135. The normalized spacial score (nSPS) is 14.4. The van der Waals surface area contributed by atoms with Gasteiger partial charge >= 0.3 is 5.97 Å². The molecule has 0 unspecified atom stereocenters. The largest absolute Gasteiger partial charge is 0.486 e. The molecule has 0 spiro atoms. The summed E-state index contributed by atoms with van der Waals surface area (Å²) >= 11 is 0. The van der Waals surface area contributed by atoms with Gasteiger partial charge < -0.3 is 25.0 Å². The Morgan fingerprint density at radius 1 is 0.383 bits per heavy atom. The lowest BCUT2D eigenvalue weighted by Gasteiger charge is -2.26. The van der Waals surface area contributed by atoms with Crippen LogP contribution in [0.25, 0.3) is 109 Å².